The van der Waals surface area contributed by atoms with Crippen molar-refractivity contribution in [2.24, 2.45) is 5.92 Å². The molecule has 5 nitrogen and oxygen atoms in total. The summed E-state index contributed by atoms with van der Waals surface area (Å²) in [6.07, 6.45) is 6.61. The van der Waals surface area contributed by atoms with Crippen LogP contribution in [0.3, 0.4) is 0 Å². The molecule has 0 spiro atoms. The Morgan fingerprint density at radius 2 is 1.81 bits per heavy atom. The van der Waals surface area contributed by atoms with Crippen LogP contribution >= 0.6 is 0 Å². The number of rotatable bonds is 9. The Balaban J connectivity index is 1.33. The van der Waals surface area contributed by atoms with Crippen molar-refractivity contribution < 1.29 is 13.9 Å². The van der Waals surface area contributed by atoms with Crippen molar-refractivity contribution in [2.45, 2.75) is 50.7 Å². The van der Waals surface area contributed by atoms with Crippen molar-refractivity contribution in [1.29, 1.82) is 0 Å². The summed E-state index contributed by atoms with van der Waals surface area (Å²) in [5, 5.41) is 0. The molecule has 1 saturated heterocycles. The van der Waals surface area contributed by atoms with Crippen molar-refractivity contribution in [2.75, 3.05) is 20.2 Å². The molecule has 1 saturated carbocycles. The fourth-order valence-corrected chi connectivity index (χ4v) is 5.43. The molecule has 0 radical (unpaired) electrons. The maximum absolute atomic E-state index is 14.5. The highest BCUT2D eigenvalue weighted by atomic mass is 19.1. The molecule has 2 aromatic carbocycles. The minimum atomic E-state index is -0.223. The van der Waals surface area contributed by atoms with E-state index in [1.54, 1.807) is 13.3 Å². The number of likely N-dealkylation sites (tertiary alicyclic amines) is 1. The zero-order valence-corrected chi connectivity index (χ0v) is 20.9. The van der Waals surface area contributed by atoms with Gasteiger partial charge in [-0.1, -0.05) is 42.5 Å². The van der Waals surface area contributed by atoms with Crippen molar-refractivity contribution in [1.82, 2.24) is 14.8 Å². The molecule has 1 atom stereocenters. The molecule has 1 amide bonds. The Labute approximate surface area is 212 Å². The second-order valence-electron chi connectivity index (χ2n) is 9.99. The first kappa shape index (κ1) is 24.4. The summed E-state index contributed by atoms with van der Waals surface area (Å²) in [6.45, 7) is 2.36. The lowest BCUT2D eigenvalue weighted by atomic mass is 9.84. The predicted molar refractivity (Wildman–Crippen MR) is 138 cm³/mol. The minimum Gasteiger partial charge on any atom is -0.497 e. The van der Waals surface area contributed by atoms with Gasteiger partial charge in [-0.15, -0.1) is 0 Å². The summed E-state index contributed by atoms with van der Waals surface area (Å²) < 4.78 is 19.7. The molecule has 2 heterocycles. The summed E-state index contributed by atoms with van der Waals surface area (Å²) in [4.78, 5) is 22.6. The number of amides is 1. The number of hydrogen-bond acceptors (Lipinski definition) is 4. The van der Waals surface area contributed by atoms with Gasteiger partial charge < -0.3 is 9.64 Å². The second-order valence-corrected chi connectivity index (χ2v) is 9.99. The Morgan fingerprint density at radius 1 is 1.06 bits per heavy atom. The van der Waals surface area contributed by atoms with Crippen LogP contribution in [0.4, 0.5) is 4.39 Å². The molecule has 0 N–H and O–H groups in total. The lowest BCUT2D eigenvalue weighted by Gasteiger charge is -2.42. The van der Waals surface area contributed by atoms with Gasteiger partial charge in [0.2, 0.25) is 0 Å². The van der Waals surface area contributed by atoms with Crippen molar-refractivity contribution in [3.8, 4) is 5.75 Å². The summed E-state index contributed by atoms with van der Waals surface area (Å²) in [5.74, 6) is 0.743. The van der Waals surface area contributed by atoms with E-state index in [1.165, 1.54) is 11.6 Å². The number of methoxy groups -OCH3 is 1. The van der Waals surface area contributed by atoms with Crippen LogP contribution in [0.5, 0.6) is 5.75 Å². The van der Waals surface area contributed by atoms with Gasteiger partial charge in [-0.2, -0.15) is 0 Å². The average Bonchev–Trinajstić information content (AvgIpc) is 3.76. The van der Waals surface area contributed by atoms with E-state index in [0.717, 1.165) is 45.2 Å². The smallest absolute Gasteiger partial charge is 0.272 e. The fourth-order valence-electron chi connectivity index (χ4n) is 5.43. The number of aromatic nitrogens is 1. The number of pyridine rings is 1. The third kappa shape index (κ3) is 5.76. The molecule has 188 valence electrons. The Morgan fingerprint density at radius 3 is 2.44 bits per heavy atom. The monoisotopic (exact) mass is 487 g/mol. The van der Waals surface area contributed by atoms with E-state index in [4.69, 9.17) is 4.74 Å². The van der Waals surface area contributed by atoms with E-state index in [2.05, 4.69) is 39.0 Å². The minimum absolute atomic E-state index is 0.0433. The zero-order valence-electron chi connectivity index (χ0n) is 20.9. The molecule has 1 aromatic heterocycles. The van der Waals surface area contributed by atoms with Gasteiger partial charge in [0.15, 0.2) is 0 Å². The van der Waals surface area contributed by atoms with E-state index in [0.29, 0.717) is 35.5 Å². The highest BCUT2D eigenvalue weighted by Crippen LogP contribution is 2.36. The summed E-state index contributed by atoms with van der Waals surface area (Å²) >= 11 is 0. The molecule has 2 aliphatic rings. The predicted octanol–water partition coefficient (Wildman–Crippen LogP) is 5.36. The molecule has 3 aromatic rings. The number of hydrogen-bond donors (Lipinski definition) is 0. The van der Waals surface area contributed by atoms with Crippen molar-refractivity contribution >= 4 is 5.91 Å². The van der Waals surface area contributed by atoms with Gasteiger partial charge in [-0.25, -0.2) is 4.39 Å². The van der Waals surface area contributed by atoms with Crippen molar-refractivity contribution in [3.05, 3.63) is 95.6 Å². The van der Waals surface area contributed by atoms with Gasteiger partial charge in [0.05, 0.1) is 7.11 Å². The van der Waals surface area contributed by atoms with Crippen LogP contribution in [0, 0.1) is 11.7 Å². The summed E-state index contributed by atoms with van der Waals surface area (Å²) in [5.41, 5.74) is 2.47. The quantitative estimate of drug-likeness (QED) is 0.408. The standard InChI is InChI=1S/C30H34FN3O2/c1-36-26-13-10-24(27(31)20-26)21-33-17-14-23(15-18-33)29(19-22-7-3-2-4-8-22)34(25-11-12-25)30(35)28-9-5-6-16-32-28/h2-10,13,16,20,23,25,29H,11-12,14-15,17-19,21H2,1H3/t29-/m1/s1. The lowest BCUT2D eigenvalue weighted by Crippen LogP contribution is -2.50. The van der Waals surface area contributed by atoms with Crippen LogP contribution in [0.15, 0.2) is 72.9 Å². The summed E-state index contributed by atoms with van der Waals surface area (Å²) in [6, 6.07) is 21.5. The maximum atomic E-state index is 14.5. The number of nitrogens with zero attached hydrogens (tertiary/aromatic N) is 3. The van der Waals surface area contributed by atoms with Crippen LogP contribution < -0.4 is 4.74 Å². The number of piperidine rings is 1. The Bertz CT molecular complexity index is 1150. The van der Waals surface area contributed by atoms with Gasteiger partial charge in [0, 0.05) is 36.5 Å². The van der Waals surface area contributed by atoms with Crippen LogP contribution in [0.1, 0.15) is 47.3 Å². The molecular formula is C30H34FN3O2. The normalized spacial score (nSPS) is 17.5. The number of halogens is 1. The third-order valence-electron chi connectivity index (χ3n) is 7.53. The molecule has 5 rings (SSSR count). The topological polar surface area (TPSA) is 45.7 Å². The van der Waals surface area contributed by atoms with E-state index < -0.39 is 0 Å². The van der Waals surface area contributed by atoms with Gasteiger partial charge >= 0.3 is 0 Å². The molecular weight excluding hydrogens is 453 g/mol. The molecule has 2 fully saturated rings. The molecule has 6 heteroatoms. The van der Waals surface area contributed by atoms with E-state index in [-0.39, 0.29) is 17.8 Å². The van der Waals surface area contributed by atoms with Crippen LogP contribution in [0.2, 0.25) is 0 Å². The first-order valence-electron chi connectivity index (χ1n) is 12.9. The van der Waals surface area contributed by atoms with Crippen LogP contribution in [0.25, 0.3) is 0 Å². The van der Waals surface area contributed by atoms with E-state index >= 15 is 0 Å². The maximum Gasteiger partial charge on any atom is 0.272 e. The molecule has 0 bridgehead atoms. The number of carbonyl (C=O) groups excluding carboxylic acids is 1. The van der Waals surface area contributed by atoms with E-state index in [1.807, 2.05) is 36.4 Å². The molecule has 0 unspecified atom stereocenters. The van der Waals surface area contributed by atoms with Gasteiger partial charge in [0.25, 0.3) is 5.91 Å². The number of benzene rings is 2. The summed E-state index contributed by atoms with van der Waals surface area (Å²) in [7, 11) is 1.55. The molecule has 1 aliphatic heterocycles. The van der Waals surface area contributed by atoms with Crippen LogP contribution in [-0.4, -0.2) is 53.0 Å². The van der Waals surface area contributed by atoms with Crippen LogP contribution in [-0.2, 0) is 13.0 Å². The highest BCUT2D eigenvalue weighted by Gasteiger charge is 2.42. The zero-order chi connectivity index (χ0) is 24.9. The third-order valence-corrected chi connectivity index (χ3v) is 7.53. The Kier molecular flexibility index (Phi) is 7.61. The first-order valence-corrected chi connectivity index (χ1v) is 12.9. The number of carbonyl (C=O) groups is 1. The van der Waals surface area contributed by atoms with E-state index in [9.17, 15) is 9.18 Å². The largest absolute Gasteiger partial charge is 0.497 e. The lowest BCUT2D eigenvalue weighted by molar-refractivity contribution is 0.0476. The Hall–Kier alpha value is -3.25. The first-order chi connectivity index (χ1) is 17.6. The molecule has 1 aliphatic carbocycles. The number of ether oxygens (including phenoxy) is 1. The van der Waals surface area contributed by atoms with Gasteiger partial charge in [-0.05, 0) is 74.9 Å². The second kappa shape index (κ2) is 11.2. The fraction of sp³-hybridized carbons (Fsp3) is 0.400. The van der Waals surface area contributed by atoms with Gasteiger partial charge in [0.1, 0.15) is 17.3 Å². The van der Waals surface area contributed by atoms with Gasteiger partial charge in [-0.3, -0.25) is 14.7 Å². The molecule has 36 heavy (non-hydrogen) atoms. The average molecular weight is 488 g/mol. The van der Waals surface area contributed by atoms with Crippen molar-refractivity contribution in [3.63, 3.8) is 0 Å². The SMILES string of the molecule is COc1ccc(CN2CCC([C@@H](Cc3ccccc3)N(C(=O)c3ccccn3)C3CC3)CC2)c(F)c1. The highest BCUT2D eigenvalue weighted by molar-refractivity contribution is 5.93.